The maximum Gasteiger partial charge on any atom is 0.270 e. The van der Waals surface area contributed by atoms with Crippen LogP contribution in [0, 0.1) is 0 Å². The Balaban J connectivity index is 1.21. The molecule has 2 N–H and O–H groups in total. The minimum absolute atomic E-state index is 0.0194. The number of likely N-dealkylation sites (tertiary alicyclic amines) is 1. The lowest BCUT2D eigenvalue weighted by Gasteiger charge is -2.38. The van der Waals surface area contributed by atoms with Gasteiger partial charge in [0, 0.05) is 65.8 Å². The standard InChI is InChI=1S/C24H24Cl2N4O3/c25-17-3-1-15(2-4-17)23(32)29-9-7-28(8-10-29)21-13-30(14-22(21)31)24(33)20-12-16-11-18(26)5-6-19(16)27-20/h1-6,11-12,21-22,27,31H,7-10,13-14H2. The summed E-state index contributed by atoms with van der Waals surface area (Å²) in [7, 11) is 0. The summed E-state index contributed by atoms with van der Waals surface area (Å²) in [5.41, 5.74) is 1.95. The number of β-amino-alcohol motifs (C(OH)–C–C–N with tert-alkyl or cyclic N) is 1. The van der Waals surface area contributed by atoms with Crippen LogP contribution in [0.2, 0.25) is 10.0 Å². The van der Waals surface area contributed by atoms with Gasteiger partial charge in [0.1, 0.15) is 5.69 Å². The first kappa shape index (κ1) is 22.2. The van der Waals surface area contributed by atoms with Gasteiger partial charge < -0.3 is 19.9 Å². The van der Waals surface area contributed by atoms with Crippen LogP contribution >= 0.6 is 23.2 Å². The van der Waals surface area contributed by atoms with Gasteiger partial charge in [-0.1, -0.05) is 23.2 Å². The minimum atomic E-state index is -0.633. The molecule has 2 aliphatic heterocycles. The SMILES string of the molecule is O=C(c1ccc(Cl)cc1)N1CCN(C2CN(C(=O)c3cc4cc(Cl)ccc4[nH]3)CC2O)CC1. The molecule has 2 fully saturated rings. The number of rotatable bonds is 3. The molecule has 33 heavy (non-hydrogen) atoms. The highest BCUT2D eigenvalue weighted by atomic mass is 35.5. The third-order valence-corrected chi connectivity index (χ3v) is 7.01. The van der Waals surface area contributed by atoms with Crippen molar-refractivity contribution < 1.29 is 14.7 Å². The van der Waals surface area contributed by atoms with Gasteiger partial charge in [0.25, 0.3) is 11.8 Å². The number of aromatic nitrogens is 1. The number of amides is 2. The third kappa shape index (κ3) is 4.46. The van der Waals surface area contributed by atoms with E-state index in [-0.39, 0.29) is 24.4 Å². The molecule has 5 rings (SSSR count). The second kappa shape index (κ2) is 8.99. The van der Waals surface area contributed by atoms with E-state index >= 15 is 0 Å². The first-order chi connectivity index (χ1) is 15.9. The lowest BCUT2D eigenvalue weighted by atomic mass is 10.1. The second-order valence-electron chi connectivity index (χ2n) is 8.59. The predicted octanol–water partition coefficient (Wildman–Crippen LogP) is 3.12. The average Bonchev–Trinajstić information content (AvgIpc) is 3.42. The molecule has 2 aromatic carbocycles. The van der Waals surface area contributed by atoms with E-state index in [2.05, 4.69) is 9.88 Å². The number of H-pyrrole nitrogens is 1. The number of nitrogens with one attached hydrogen (secondary N) is 1. The maximum absolute atomic E-state index is 13.1. The van der Waals surface area contributed by atoms with E-state index < -0.39 is 6.10 Å². The van der Waals surface area contributed by atoms with Gasteiger partial charge in [-0.3, -0.25) is 14.5 Å². The molecular formula is C24H24Cl2N4O3. The van der Waals surface area contributed by atoms with Gasteiger partial charge in [-0.15, -0.1) is 0 Å². The van der Waals surface area contributed by atoms with Gasteiger partial charge in [-0.05, 0) is 48.5 Å². The Kier molecular flexibility index (Phi) is 6.05. The molecule has 2 unspecified atom stereocenters. The number of halogens is 2. The van der Waals surface area contributed by atoms with E-state index in [1.807, 2.05) is 17.0 Å². The van der Waals surface area contributed by atoms with Crippen LogP contribution in [-0.2, 0) is 0 Å². The zero-order valence-corrected chi connectivity index (χ0v) is 19.4. The largest absolute Gasteiger partial charge is 0.390 e. The zero-order valence-electron chi connectivity index (χ0n) is 17.9. The highest BCUT2D eigenvalue weighted by molar-refractivity contribution is 6.31. The van der Waals surface area contributed by atoms with Gasteiger partial charge >= 0.3 is 0 Å². The Morgan fingerprint density at radius 3 is 2.27 bits per heavy atom. The number of aromatic amines is 1. The van der Waals surface area contributed by atoms with Crippen molar-refractivity contribution in [2.24, 2.45) is 0 Å². The summed E-state index contributed by atoms with van der Waals surface area (Å²) in [6.45, 7) is 3.16. The number of hydrogen-bond donors (Lipinski definition) is 2. The minimum Gasteiger partial charge on any atom is -0.390 e. The molecule has 1 aromatic heterocycles. The number of nitrogens with zero attached hydrogens (tertiary/aromatic N) is 3. The maximum atomic E-state index is 13.1. The second-order valence-corrected chi connectivity index (χ2v) is 9.47. The number of piperazine rings is 1. The van der Waals surface area contributed by atoms with Crippen LogP contribution in [0.25, 0.3) is 10.9 Å². The van der Waals surface area contributed by atoms with Crippen LogP contribution in [-0.4, -0.2) is 88.0 Å². The fourth-order valence-electron chi connectivity index (χ4n) is 4.71. The Morgan fingerprint density at radius 2 is 1.55 bits per heavy atom. The summed E-state index contributed by atoms with van der Waals surface area (Å²) in [4.78, 5) is 34.6. The van der Waals surface area contributed by atoms with Gasteiger partial charge in [-0.25, -0.2) is 0 Å². The highest BCUT2D eigenvalue weighted by Gasteiger charge is 2.39. The van der Waals surface area contributed by atoms with E-state index in [9.17, 15) is 14.7 Å². The van der Waals surface area contributed by atoms with Gasteiger partial charge in [0.2, 0.25) is 0 Å². The molecule has 0 aliphatic carbocycles. The molecule has 2 amide bonds. The molecule has 7 nitrogen and oxygen atoms in total. The van der Waals surface area contributed by atoms with Crippen molar-refractivity contribution >= 4 is 45.9 Å². The van der Waals surface area contributed by atoms with Crippen LogP contribution in [0.4, 0.5) is 0 Å². The molecule has 2 aliphatic rings. The van der Waals surface area contributed by atoms with Crippen LogP contribution < -0.4 is 0 Å². The molecule has 0 spiro atoms. The lowest BCUT2D eigenvalue weighted by Crippen LogP contribution is -2.54. The monoisotopic (exact) mass is 486 g/mol. The Hall–Kier alpha value is -2.58. The number of fused-ring (bicyclic) bond motifs is 1. The van der Waals surface area contributed by atoms with Crippen molar-refractivity contribution in [1.82, 2.24) is 19.7 Å². The Bertz CT molecular complexity index is 1190. The number of benzene rings is 2. The van der Waals surface area contributed by atoms with Crippen molar-refractivity contribution in [3.8, 4) is 0 Å². The number of hydrogen-bond acceptors (Lipinski definition) is 4. The van der Waals surface area contributed by atoms with E-state index in [1.54, 1.807) is 41.3 Å². The van der Waals surface area contributed by atoms with Gasteiger partial charge in [-0.2, -0.15) is 0 Å². The number of carbonyl (C=O) groups is 2. The quantitative estimate of drug-likeness (QED) is 0.595. The number of aliphatic hydroxyl groups excluding tert-OH is 1. The van der Waals surface area contributed by atoms with E-state index in [4.69, 9.17) is 23.2 Å². The molecule has 3 heterocycles. The highest BCUT2D eigenvalue weighted by Crippen LogP contribution is 2.24. The fraction of sp³-hybridized carbons (Fsp3) is 0.333. The summed E-state index contributed by atoms with van der Waals surface area (Å²) in [5, 5.41) is 12.8. The van der Waals surface area contributed by atoms with E-state index in [0.29, 0.717) is 54.0 Å². The van der Waals surface area contributed by atoms with Crippen LogP contribution in [0.15, 0.2) is 48.5 Å². The summed E-state index contributed by atoms with van der Waals surface area (Å²) in [6, 6.07) is 14.0. The molecule has 2 atom stereocenters. The summed E-state index contributed by atoms with van der Waals surface area (Å²) in [5.74, 6) is -0.158. The van der Waals surface area contributed by atoms with Gasteiger partial charge in [0.05, 0.1) is 12.1 Å². The summed E-state index contributed by atoms with van der Waals surface area (Å²) < 4.78 is 0. The van der Waals surface area contributed by atoms with Crippen molar-refractivity contribution in [3.63, 3.8) is 0 Å². The molecule has 172 valence electrons. The van der Waals surface area contributed by atoms with Gasteiger partial charge in [0.15, 0.2) is 0 Å². The summed E-state index contributed by atoms with van der Waals surface area (Å²) >= 11 is 12.0. The van der Waals surface area contributed by atoms with Crippen LogP contribution in [0.1, 0.15) is 20.8 Å². The number of aliphatic hydroxyl groups is 1. The first-order valence-electron chi connectivity index (χ1n) is 10.9. The van der Waals surface area contributed by atoms with E-state index in [1.165, 1.54) is 0 Å². The molecule has 0 saturated carbocycles. The molecule has 0 bridgehead atoms. The topological polar surface area (TPSA) is 79.9 Å². The average molecular weight is 487 g/mol. The predicted molar refractivity (Wildman–Crippen MR) is 128 cm³/mol. The molecule has 3 aromatic rings. The third-order valence-electron chi connectivity index (χ3n) is 6.52. The number of carbonyl (C=O) groups excluding carboxylic acids is 2. The smallest absolute Gasteiger partial charge is 0.270 e. The van der Waals surface area contributed by atoms with Crippen LogP contribution in [0.5, 0.6) is 0 Å². The first-order valence-corrected chi connectivity index (χ1v) is 11.7. The normalized spacial score (nSPS) is 21.7. The molecule has 0 radical (unpaired) electrons. The van der Waals surface area contributed by atoms with Crippen molar-refractivity contribution in [2.75, 3.05) is 39.3 Å². The Labute approximate surface area is 201 Å². The Morgan fingerprint density at radius 1 is 0.848 bits per heavy atom. The summed E-state index contributed by atoms with van der Waals surface area (Å²) in [6.07, 6.45) is -0.633. The van der Waals surface area contributed by atoms with E-state index in [0.717, 1.165) is 10.9 Å². The lowest BCUT2D eigenvalue weighted by molar-refractivity contribution is 0.0376. The van der Waals surface area contributed by atoms with Crippen molar-refractivity contribution in [1.29, 1.82) is 0 Å². The molecule has 2 saturated heterocycles. The molecule has 9 heteroatoms. The van der Waals surface area contributed by atoms with Crippen LogP contribution in [0.3, 0.4) is 0 Å². The van der Waals surface area contributed by atoms with Crippen molar-refractivity contribution in [2.45, 2.75) is 12.1 Å². The fourth-order valence-corrected chi connectivity index (χ4v) is 5.02. The van der Waals surface area contributed by atoms with Crippen molar-refractivity contribution in [3.05, 3.63) is 69.8 Å². The molecular weight excluding hydrogens is 463 g/mol. The zero-order chi connectivity index (χ0) is 23.1.